The molecule has 2 aliphatic heterocycles. The number of hydrogen-bond acceptors (Lipinski definition) is 5. The molecule has 0 aliphatic carbocycles. The zero-order valence-corrected chi connectivity index (χ0v) is 12.2. The molecule has 0 aromatic rings. The summed E-state index contributed by atoms with van der Waals surface area (Å²) >= 11 is 0. The molecule has 19 heavy (non-hydrogen) atoms. The Kier molecular flexibility index (Phi) is 5.59. The van der Waals surface area contributed by atoms with Gasteiger partial charge < -0.3 is 24.8 Å². The van der Waals surface area contributed by atoms with E-state index in [1.54, 1.807) is 0 Å². The lowest BCUT2D eigenvalue weighted by molar-refractivity contribution is -0.0810. The second kappa shape index (κ2) is 6.99. The van der Waals surface area contributed by atoms with Crippen LogP contribution in [0.25, 0.3) is 0 Å². The first kappa shape index (κ1) is 15.2. The topological polar surface area (TPSA) is 54.0 Å². The van der Waals surface area contributed by atoms with Crippen LogP contribution in [0.1, 0.15) is 19.3 Å². The predicted molar refractivity (Wildman–Crippen MR) is 74.3 cm³/mol. The van der Waals surface area contributed by atoms with Gasteiger partial charge in [0.25, 0.3) is 0 Å². The number of hydrogen-bond donors (Lipinski definition) is 2. The van der Waals surface area contributed by atoms with Crippen molar-refractivity contribution in [2.45, 2.75) is 30.9 Å². The molecular formula is C14H28N2O3. The second-order valence-electron chi connectivity index (χ2n) is 6.05. The summed E-state index contributed by atoms with van der Waals surface area (Å²) in [7, 11) is 4.11. The number of nitrogens with zero attached hydrogens (tertiary/aromatic N) is 1. The summed E-state index contributed by atoms with van der Waals surface area (Å²) in [6.07, 6.45) is 2.56. The summed E-state index contributed by atoms with van der Waals surface area (Å²) in [5.41, 5.74) is -0.572. The Morgan fingerprint density at radius 2 is 2.00 bits per heavy atom. The van der Waals surface area contributed by atoms with Crippen LogP contribution in [-0.2, 0) is 9.47 Å². The van der Waals surface area contributed by atoms with Crippen molar-refractivity contribution < 1.29 is 14.6 Å². The first-order valence-corrected chi connectivity index (χ1v) is 7.37. The van der Waals surface area contributed by atoms with Crippen LogP contribution in [0.2, 0.25) is 0 Å². The Balaban J connectivity index is 1.80. The highest BCUT2D eigenvalue weighted by molar-refractivity contribution is 4.86. The molecule has 2 aliphatic rings. The molecule has 0 aromatic carbocycles. The molecule has 2 N–H and O–H groups in total. The molecular weight excluding hydrogens is 244 g/mol. The minimum Gasteiger partial charge on any atom is -0.388 e. The van der Waals surface area contributed by atoms with Crippen LogP contribution in [0.3, 0.4) is 0 Å². The first-order valence-electron chi connectivity index (χ1n) is 7.37. The van der Waals surface area contributed by atoms with Gasteiger partial charge in [-0.3, -0.25) is 0 Å². The van der Waals surface area contributed by atoms with Crippen molar-refractivity contribution in [3.63, 3.8) is 0 Å². The molecule has 0 bridgehead atoms. The van der Waals surface area contributed by atoms with Crippen LogP contribution in [0, 0.1) is 5.92 Å². The summed E-state index contributed by atoms with van der Waals surface area (Å²) in [6, 6.07) is 0.528. The molecule has 2 saturated heterocycles. The fraction of sp³-hybridized carbons (Fsp3) is 1.00. The van der Waals surface area contributed by atoms with E-state index in [1.807, 2.05) is 7.05 Å². The predicted octanol–water partition coefficient (Wildman–Crippen LogP) is 0.0842. The SMILES string of the molecule is CNC1CCOCC1CN(C)CC1(O)CCOCC1. The van der Waals surface area contributed by atoms with Gasteiger partial charge >= 0.3 is 0 Å². The molecule has 2 rings (SSSR count). The van der Waals surface area contributed by atoms with E-state index in [4.69, 9.17) is 9.47 Å². The van der Waals surface area contributed by atoms with Gasteiger partial charge in [0.1, 0.15) is 0 Å². The number of aliphatic hydroxyl groups is 1. The van der Waals surface area contributed by atoms with E-state index in [1.165, 1.54) is 0 Å². The van der Waals surface area contributed by atoms with Gasteiger partial charge in [0.05, 0.1) is 12.2 Å². The standard InChI is InChI=1S/C14H28N2O3/c1-15-13-3-6-19-10-12(13)9-16(2)11-14(17)4-7-18-8-5-14/h12-13,15,17H,3-11H2,1-2H3. The van der Waals surface area contributed by atoms with E-state index < -0.39 is 5.60 Å². The smallest absolute Gasteiger partial charge is 0.0817 e. The van der Waals surface area contributed by atoms with E-state index in [9.17, 15) is 5.11 Å². The molecule has 2 fully saturated rings. The Bertz CT molecular complexity index is 269. The van der Waals surface area contributed by atoms with Crippen LogP contribution in [0.15, 0.2) is 0 Å². The lowest BCUT2D eigenvalue weighted by Gasteiger charge is -2.38. The zero-order valence-electron chi connectivity index (χ0n) is 12.2. The summed E-state index contributed by atoms with van der Waals surface area (Å²) < 4.78 is 10.9. The fourth-order valence-corrected chi connectivity index (χ4v) is 3.23. The van der Waals surface area contributed by atoms with Crippen LogP contribution < -0.4 is 5.32 Å². The first-order chi connectivity index (χ1) is 9.13. The quantitative estimate of drug-likeness (QED) is 0.742. The summed E-state index contributed by atoms with van der Waals surface area (Å²) in [5.74, 6) is 0.507. The van der Waals surface area contributed by atoms with Gasteiger partial charge in [-0.05, 0) is 20.5 Å². The molecule has 2 atom stereocenters. The third-order valence-electron chi connectivity index (χ3n) is 4.38. The lowest BCUT2D eigenvalue weighted by Crippen LogP contribution is -2.50. The molecule has 0 aromatic heterocycles. The monoisotopic (exact) mass is 272 g/mol. The molecule has 2 heterocycles. The molecule has 112 valence electrons. The second-order valence-corrected chi connectivity index (χ2v) is 6.05. The van der Waals surface area contributed by atoms with E-state index in [2.05, 4.69) is 17.3 Å². The van der Waals surface area contributed by atoms with Gasteiger partial charge in [-0.1, -0.05) is 0 Å². The molecule has 5 heteroatoms. The van der Waals surface area contributed by atoms with E-state index in [-0.39, 0.29) is 0 Å². The third-order valence-corrected chi connectivity index (χ3v) is 4.38. The van der Waals surface area contributed by atoms with Crippen molar-refractivity contribution in [1.82, 2.24) is 10.2 Å². The van der Waals surface area contributed by atoms with Gasteiger partial charge in [-0.25, -0.2) is 0 Å². The summed E-state index contributed by atoms with van der Waals surface area (Å²) in [6.45, 7) is 4.72. The van der Waals surface area contributed by atoms with Crippen molar-refractivity contribution in [2.24, 2.45) is 5.92 Å². The maximum absolute atomic E-state index is 10.5. The largest absolute Gasteiger partial charge is 0.388 e. The third kappa shape index (κ3) is 4.39. The Morgan fingerprint density at radius 3 is 2.68 bits per heavy atom. The lowest BCUT2D eigenvalue weighted by atomic mass is 9.92. The minimum absolute atomic E-state index is 0.507. The maximum Gasteiger partial charge on any atom is 0.0817 e. The van der Waals surface area contributed by atoms with E-state index >= 15 is 0 Å². The number of nitrogens with one attached hydrogen (secondary N) is 1. The Hall–Kier alpha value is -0.200. The molecule has 0 radical (unpaired) electrons. The van der Waals surface area contributed by atoms with Crippen molar-refractivity contribution in [1.29, 1.82) is 0 Å². The number of ether oxygens (including phenoxy) is 2. The number of rotatable bonds is 5. The highest BCUT2D eigenvalue weighted by Crippen LogP contribution is 2.22. The van der Waals surface area contributed by atoms with Crippen LogP contribution in [0.4, 0.5) is 0 Å². The van der Waals surface area contributed by atoms with E-state index in [0.717, 1.165) is 45.6 Å². The van der Waals surface area contributed by atoms with Crippen LogP contribution in [-0.4, -0.2) is 75.3 Å². The Labute approximate surface area is 116 Å². The zero-order chi connectivity index (χ0) is 13.7. The van der Waals surface area contributed by atoms with Gasteiger partial charge in [-0.2, -0.15) is 0 Å². The van der Waals surface area contributed by atoms with E-state index in [0.29, 0.717) is 25.2 Å². The van der Waals surface area contributed by atoms with Crippen molar-refractivity contribution >= 4 is 0 Å². The molecule has 0 amide bonds. The summed E-state index contributed by atoms with van der Waals surface area (Å²) in [4.78, 5) is 2.25. The highest BCUT2D eigenvalue weighted by Gasteiger charge is 2.33. The van der Waals surface area contributed by atoms with Crippen molar-refractivity contribution in [3.05, 3.63) is 0 Å². The van der Waals surface area contributed by atoms with Crippen LogP contribution in [0.5, 0.6) is 0 Å². The molecule has 2 unspecified atom stereocenters. The number of likely N-dealkylation sites (N-methyl/N-ethyl adjacent to an activating group) is 1. The molecule has 0 saturated carbocycles. The van der Waals surface area contributed by atoms with Gasteiger partial charge in [-0.15, -0.1) is 0 Å². The summed E-state index contributed by atoms with van der Waals surface area (Å²) in [5, 5.41) is 13.9. The molecule has 0 spiro atoms. The normalized spacial score (nSPS) is 31.6. The van der Waals surface area contributed by atoms with Crippen molar-refractivity contribution in [2.75, 3.05) is 53.6 Å². The highest BCUT2D eigenvalue weighted by atomic mass is 16.5. The van der Waals surface area contributed by atoms with Crippen molar-refractivity contribution in [3.8, 4) is 0 Å². The van der Waals surface area contributed by atoms with Gasteiger partial charge in [0.15, 0.2) is 0 Å². The maximum atomic E-state index is 10.5. The van der Waals surface area contributed by atoms with Gasteiger partial charge in [0.2, 0.25) is 0 Å². The average Bonchev–Trinajstić information content (AvgIpc) is 2.39. The van der Waals surface area contributed by atoms with Gasteiger partial charge in [0, 0.05) is 57.7 Å². The molecule has 5 nitrogen and oxygen atoms in total. The fourth-order valence-electron chi connectivity index (χ4n) is 3.23. The van der Waals surface area contributed by atoms with Crippen LogP contribution >= 0.6 is 0 Å². The minimum atomic E-state index is -0.572. The average molecular weight is 272 g/mol. The Morgan fingerprint density at radius 1 is 1.26 bits per heavy atom.